The lowest BCUT2D eigenvalue weighted by Gasteiger charge is -2.15. The maximum atomic E-state index is 11.7. The van der Waals surface area contributed by atoms with E-state index in [4.69, 9.17) is 4.74 Å². The Labute approximate surface area is 113 Å². The summed E-state index contributed by atoms with van der Waals surface area (Å²) in [4.78, 5) is 11.7. The van der Waals surface area contributed by atoms with Crippen LogP contribution in [-0.2, 0) is 0 Å². The lowest BCUT2D eigenvalue weighted by Crippen LogP contribution is -2.32. The van der Waals surface area contributed by atoms with Crippen LogP contribution in [0, 0.1) is 0 Å². The van der Waals surface area contributed by atoms with Crippen molar-refractivity contribution >= 4 is 11.7 Å². The normalized spacial score (nSPS) is 14.5. The second-order valence-electron chi connectivity index (χ2n) is 4.35. The molecule has 0 spiro atoms. The molecule has 1 aliphatic heterocycles. The first-order valence-electron chi connectivity index (χ1n) is 6.35. The van der Waals surface area contributed by atoms with Crippen LogP contribution < -0.4 is 20.7 Å². The number of anilines is 1. The first kappa shape index (κ1) is 13.4. The third-order valence-electron chi connectivity index (χ3n) is 2.98. The highest BCUT2D eigenvalue weighted by Gasteiger charge is 2.05. The van der Waals surface area contributed by atoms with E-state index in [9.17, 15) is 4.79 Å². The number of urea groups is 1. The zero-order valence-corrected chi connectivity index (χ0v) is 11.0. The Morgan fingerprint density at radius 3 is 2.79 bits per heavy atom. The zero-order valence-electron chi connectivity index (χ0n) is 11.0. The van der Waals surface area contributed by atoms with Crippen molar-refractivity contribution in [2.24, 2.45) is 0 Å². The first-order chi connectivity index (χ1) is 9.28. The summed E-state index contributed by atoms with van der Waals surface area (Å²) >= 11 is 0. The SMILES string of the molecule is COc1ccc(NC(=O)NCC2=CCNCC2)cc1. The van der Waals surface area contributed by atoms with Gasteiger partial charge in [0.25, 0.3) is 0 Å². The monoisotopic (exact) mass is 261 g/mol. The molecule has 5 heteroatoms. The van der Waals surface area contributed by atoms with Crippen LogP contribution in [0.4, 0.5) is 10.5 Å². The predicted molar refractivity (Wildman–Crippen MR) is 75.6 cm³/mol. The number of nitrogens with one attached hydrogen (secondary N) is 3. The number of hydrogen-bond acceptors (Lipinski definition) is 3. The molecule has 0 saturated carbocycles. The van der Waals surface area contributed by atoms with Gasteiger partial charge in [0, 0.05) is 18.8 Å². The average molecular weight is 261 g/mol. The van der Waals surface area contributed by atoms with Crippen molar-refractivity contribution in [1.82, 2.24) is 10.6 Å². The molecule has 0 fully saturated rings. The second kappa shape index (κ2) is 6.80. The van der Waals surface area contributed by atoms with Crippen molar-refractivity contribution in [3.8, 4) is 5.75 Å². The number of benzene rings is 1. The van der Waals surface area contributed by atoms with Gasteiger partial charge in [-0.2, -0.15) is 0 Å². The minimum absolute atomic E-state index is 0.190. The molecule has 1 heterocycles. The van der Waals surface area contributed by atoms with Gasteiger partial charge in [-0.05, 0) is 37.2 Å². The molecule has 0 radical (unpaired) electrons. The maximum Gasteiger partial charge on any atom is 0.319 e. The number of hydrogen-bond donors (Lipinski definition) is 3. The highest BCUT2D eigenvalue weighted by Crippen LogP contribution is 2.14. The minimum atomic E-state index is -0.190. The Morgan fingerprint density at radius 2 is 2.16 bits per heavy atom. The van der Waals surface area contributed by atoms with Crippen molar-refractivity contribution in [3.63, 3.8) is 0 Å². The van der Waals surface area contributed by atoms with Crippen LogP contribution in [0.5, 0.6) is 5.75 Å². The van der Waals surface area contributed by atoms with E-state index in [2.05, 4.69) is 22.0 Å². The Bertz CT molecular complexity index is 454. The van der Waals surface area contributed by atoms with Crippen molar-refractivity contribution in [3.05, 3.63) is 35.9 Å². The van der Waals surface area contributed by atoms with E-state index in [-0.39, 0.29) is 6.03 Å². The number of amides is 2. The molecule has 2 amide bonds. The van der Waals surface area contributed by atoms with E-state index >= 15 is 0 Å². The second-order valence-corrected chi connectivity index (χ2v) is 4.35. The fourth-order valence-corrected chi connectivity index (χ4v) is 1.87. The molecule has 2 rings (SSSR count). The summed E-state index contributed by atoms with van der Waals surface area (Å²) in [5.74, 6) is 0.769. The summed E-state index contributed by atoms with van der Waals surface area (Å²) in [6.07, 6.45) is 3.11. The van der Waals surface area contributed by atoms with Crippen LogP contribution in [0.3, 0.4) is 0 Å². The van der Waals surface area contributed by atoms with Gasteiger partial charge in [0.15, 0.2) is 0 Å². The van der Waals surface area contributed by atoms with Crippen LogP contribution in [-0.4, -0.2) is 32.8 Å². The van der Waals surface area contributed by atoms with Crippen LogP contribution in [0.1, 0.15) is 6.42 Å². The largest absolute Gasteiger partial charge is 0.497 e. The first-order valence-corrected chi connectivity index (χ1v) is 6.35. The molecular weight excluding hydrogens is 242 g/mol. The third-order valence-corrected chi connectivity index (χ3v) is 2.98. The van der Waals surface area contributed by atoms with Crippen molar-refractivity contribution in [2.45, 2.75) is 6.42 Å². The minimum Gasteiger partial charge on any atom is -0.497 e. The fourth-order valence-electron chi connectivity index (χ4n) is 1.87. The summed E-state index contributed by atoms with van der Waals surface area (Å²) in [5.41, 5.74) is 2.02. The molecule has 0 unspecified atom stereocenters. The molecule has 19 heavy (non-hydrogen) atoms. The average Bonchev–Trinajstić information content (AvgIpc) is 2.47. The van der Waals surface area contributed by atoms with Gasteiger partial charge in [-0.1, -0.05) is 11.6 Å². The van der Waals surface area contributed by atoms with Gasteiger partial charge in [-0.25, -0.2) is 4.79 Å². The molecule has 5 nitrogen and oxygen atoms in total. The smallest absolute Gasteiger partial charge is 0.319 e. The zero-order chi connectivity index (χ0) is 13.5. The van der Waals surface area contributed by atoms with E-state index in [1.165, 1.54) is 5.57 Å². The fraction of sp³-hybridized carbons (Fsp3) is 0.357. The molecule has 1 aliphatic rings. The molecule has 102 valence electrons. The summed E-state index contributed by atoms with van der Waals surface area (Å²) in [6, 6.07) is 7.05. The van der Waals surface area contributed by atoms with E-state index in [1.807, 2.05) is 24.3 Å². The molecule has 3 N–H and O–H groups in total. The summed E-state index contributed by atoms with van der Waals surface area (Å²) in [7, 11) is 1.61. The van der Waals surface area contributed by atoms with Gasteiger partial charge < -0.3 is 20.7 Å². The van der Waals surface area contributed by atoms with Gasteiger partial charge in [-0.3, -0.25) is 0 Å². The Balaban J connectivity index is 1.78. The molecule has 0 aliphatic carbocycles. The van der Waals surface area contributed by atoms with Crippen LogP contribution in [0.2, 0.25) is 0 Å². The van der Waals surface area contributed by atoms with Gasteiger partial charge in [-0.15, -0.1) is 0 Å². The van der Waals surface area contributed by atoms with Crippen molar-refractivity contribution in [2.75, 3.05) is 32.1 Å². The summed E-state index contributed by atoms with van der Waals surface area (Å²) in [5, 5.41) is 8.87. The Morgan fingerprint density at radius 1 is 1.37 bits per heavy atom. The molecule has 0 atom stereocenters. The van der Waals surface area contributed by atoms with Gasteiger partial charge in [0.05, 0.1) is 7.11 Å². The molecular formula is C14H19N3O2. The van der Waals surface area contributed by atoms with Crippen molar-refractivity contribution in [1.29, 1.82) is 0 Å². The molecule has 0 aromatic heterocycles. The molecule has 1 aromatic rings. The lowest BCUT2D eigenvalue weighted by molar-refractivity contribution is 0.252. The van der Waals surface area contributed by atoms with Gasteiger partial charge in [0.1, 0.15) is 5.75 Å². The molecule has 1 aromatic carbocycles. The lowest BCUT2D eigenvalue weighted by atomic mass is 10.1. The summed E-state index contributed by atoms with van der Waals surface area (Å²) < 4.78 is 5.06. The molecule has 0 saturated heterocycles. The maximum absolute atomic E-state index is 11.7. The van der Waals surface area contributed by atoms with Crippen LogP contribution >= 0.6 is 0 Å². The number of carbonyl (C=O) groups is 1. The predicted octanol–water partition coefficient (Wildman–Crippen LogP) is 1.74. The van der Waals surface area contributed by atoms with E-state index in [0.717, 1.165) is 30.9 Å². The number of carbonyl (C=O) groups excluding carboxylic acids is 1. The van der Waals surface area contributed by atoms with Gasteiger partial charge >= 0.3 is 6.03 Å². The van der Waals surface area contributed by atoms with Gasteiger partial charge in [0.2, 0.25) is 0 Å². The van der Waals surface area contributed by atoms with E-state index < -0.39 is 0 Å². The number of methoxy groups -OCH3 is 1. The van der Waals surface area contributed by atoms with Crippen LogP contribution in [0.15, 0.2) is 35.9 Å². The topological polar surface area (TPSA) is 62.4 Å². The Hall–Kier alpha value is -2.01. The van der Waals surface area contributed by atoms with E-state index in [1.54, 1.807) is 7.11 Å². The summed E-state index contributed by atoms with van der Waals surface area (Å²) in [6.45, 7) is 2.47. The van der Waals surface area contributed by atoms with Crippen LogP contribution in [0.25, 0.3) is 0 Å². The number of ether oxygens (including phenoxy) is 1. The highest BCUT2D eigenvalue weighted by molar-refractivity contribution is 5.89. The van der Waals surface area contributed by atoms with E-state index in [0.29, 0.717) is 6.54 Å². The molecule has 0 bridgehead atoms. The third kappa shape index (κ3) is 4.30. The highest BCUT2D eigenvalue weighted by atomic mass is 16.5. The number of rotatable bonds is 4. The van der Waals surface area contributed by atoms with Crippen molar-refractivity contribution < 1.29 is 9.53 Å². The Kier molecular flexibility index (Phi) is 4.80. The quantitative estimate of drug-likeness (QED) is 0.723. The standard InChI is InChI=1S/C14H19N3O2/c1-19-13-4-2-12(3-5-13)17-14(18)16-10-11-6-8-15-9-7-11/h2-6,15H,7-10H2,1H3,(H2,16,17,18).